The Balaban J connectivity index is 0.000000220. The van der Waals surface area contributed by atoms with Gasteiger partial charge in [-0.2, -0.15) is 0 Å². The van der Waals surface area contributed by atoms with Crippen molar-refractivity contribution in [3.8, 4) is 44.8 Å². The Morgan fingerprint density at radius 3 is 2.10 bits per heavy atom. The molecule has 0 spiro atoms. The number of aryl methyl sites for hydroxylation is 2. The maximum Gasteiger partial charge on any atom is 0.136 e. The summed E-state index contributed by atoms with van der Waals surface area (Å²) in [7, 11) is 0. The van der Waals surface area contributed by atoms with Gasteiger partial charge in [-0.1, -0.05) is 126 Å². The minimum absolute atomic E-state index is 0. The van der Waals surface area contributed by atoms with Gasteiger partial charge in [-0.15, -0.1) is 59.2 Å². The van der Waals surface area contributed by atoms with E-state index in [4.69, 9.17) is 4.42 Å². The van der Waals surface area contributed by atoms with Crippen LogP contribution in [-0.2, 0) is 20.1 Å². The molecule has 0 aliphatic heterocycles. The number of pyridine rings is 2. The van der Waals surface area contributed by atoms with Gasteiger partial charge in [0.05, 0.1) is 0 Å². The van der Waals surface area contributed by atoms with Crippen molar-refractivity contribution in [2.24, 2.45) is 0 Å². The molecular weight excluding hydrogens is 789 g/mol. The van der Waals surface area contributed by atoms with Crippen molar-refractivity contribution >= 4 is 32.7 Å². The van der Waals surface area contributed by atoms with Crippen LogP contribution in [0.2, 0.25) is 0 Å². The normalized spacial score (nSPS) is 10.8. The third-order valence-electron chi connectivity index (χ3n) is 8.81. The van der Waals surface area contributed by atoms with Gasteiger partial charge in [0.2, 0.25) is 0 Å². The minimum Gasteiger partial charge on any atom is -0.456 e. The Labute approximate surface area is 305 Å². The van der Waals surface area contributed by atoms with Gasteiger partial charge < -0.3 is 14.4 Å². The maximum atomic E-state index is 6.13. The number of hydrogen-bond donors (Lipinski definition) is 0. The number of hydrogen-bond acceptors (Lipinski definition) is 3. The van der Waals surface area contributed by atoms with E-state index in [9.17, 15) is 0 Å². The fourth-order valence-corrected chi connectivity index (χ4v) is 6.34. The summed E-state index contributed by atoms with van der Waals surface area (Å²) in [5.41, 5.74) is 12.8. The van der Waals surface area contributed by atoms with Gasteiger partial charge in [-0.25, -0.2) is 0 Å². The topological polar surface area (TPSA) is 38.9 Å². The smallest absolute Gasteiger partial charge is 0.136 e. The first-order valence-electron chi connectivity index (χ1n) is 16.4. The number of nitrogens with zero attached hydrogens (tertiary/aromatic N) is 2. The molecule has 0 fully saturated rings. The van der Waals surface area contributed by atoms with Crippen molar-refractivity contribution in [2.45, 2.75) is 13.8 Å². The first-order chi connectivity index (χ1) is 24.1. The van der Waals surface area contributed by atoms with Crippen LogP contribution >= 0.6 is 0 Å². The molecule has 0 aliphatic carbocycles. The fourth-order valence-electron chi connectivity index (χ4n) is 6.34. The number of fused-ring (bicyclic) bond motifs is 5. The Bertz CT molecular complexity index is 2500. The van der Waals surface area contributed by atoms with Crippen molar-refractivity contribution in [1.82, 2.24) is 9.97 Å². The van der Waals surface area contributed by atoms with Crippen LogP contribution < -0.4 is 0 Å². The number of rotatable bonds is 4. The number of furan rings is 1. The SMILES string of the molecule is Cc1c[c-]c(-c2ccc(C)cn2)cc1.[Ir].[c-]1cc(-c2cccc3c2ccc2oc4ccccc4c23)cc(-c2ccccc2)c1-c1ccccn1. The van der Waals surface area contributed by atoms with Crippen molar-refractivity contribution in [2.75, 3.05) is 0 Å². The summed E-state index contributed by atoms with van der Waals surface area (Å²) < 4.78 is 6.13. The van der Waals surface area contributed by atoms with E-state index in [0.717, 1.165) is 61.1 Å². The second kappa shape index (κ2) is 14.4. The van der Waals surface area contributed by atoms with Gasteiger partial charge in [0.1, 0.15) is 11.2 Å². The van der Waals surface area contributed by atoms with E-state index in [0.29, 0.717) is 0 Å². The average molecular weight is 821 g/mol. The molecule has 9 aromatic rings. The molecule has 3 heterocycles. The second-order valence-corrected chi connectivity index (χ2v) is 12.2. The Hall–Kier alpha value is -5.67. The summed E-state index contributed by atoms with van der Waals surface area (Å²) in [4.78, 5) is 8.95. The molecule has 6 aromatic carbocycles. The van der Waals surface area contributed by atoms with E-state index < -0.39 is 0 Å². The Kier molecular flexibility index (Phi) is 9.49. The zero-order valence-corrected chi connectivity index (χ0v) is 30.0. The predicted molar refractivity (Wildman–Crippen MR) is 202 cm³/mol. The van der Waals surface area contributed by atoms with Gasteiger partial charge in [-0.3, -0.25) is 0 Å². The third-order valence-corrected chi connectivity index (χ3v) is 8.81. The Morgan fingerprint density at radius 1 is 0.520 bits per heavy atom. The molecule has 0 unspecified atom stereocenters. The number of benzene rings is 6. The van der Waals surface area contributed by atoms with Crippen molar-refractivity contribution < 1.29 is 24.5 Å². The summed E-state index contributed by atoms with van der Waals surface area (Å²) in [6, 6.07) is 56.8. The standard InChI is InChI=1S/C33H20NO.C13H12N.Ir/c1-2-9-22(10-3-1)29-21-23(16-17-26(29)30-14-6-7-20-34-30)24-12-8-13-27-25(24)18-19-32-33(27)28-11-4-5-15-31(28)35-32;1-10-3-6-12(7-4-10)13-8-5-11(2)9-14-13;/h1-16,18-21H;3-6,8-9H,1-2H3;/q2*-1;. The van der Waals surface area contributed by atoms with Crippen LogP contribution in [0.1, 0.15) is 11.1 Å². The number of para-hydroxylation sites is 1. The summed E-state index contributed by atoms with van der Waals surface area (Å²) in [6.07, 6.45) is 3.71. The minimum atomic E-state index is 0. The predicted octanol–water partition coefficient (Wildman–Crippen LogP) is 12.1. The molecule has 9 rings (SSSR count). The first-order valence-corrected chi connectivity index (χ1v) is 16.4. The molecule has 3 nitrogen and oxygen atoms in total. The molecule has 1 radical (unpaired) electrons. The molecule has 0 aliphatic rings. The first kappa shape index (κ1) is 32.9. The van der Waals surface area contributed by atoms with Crippen LogP contribution in [0.25, 0.3) is 77.5 Å². The van der Waals surface area contributed by atoms with E-state index in [-0.39, 0.29) is 20.1 Å². The molecular formula is C46H32IrN2O-2. The van der Waals surface area contributed by atoms with Crippen LogP contribution in [0, 0.1) is 26.0 Å². The van der Waals surface area contributed by atoms with E-state index >= 15 is 0 Å². The summed E-state index contributed by atoms with van der Waals surface area (Å²) in [5, 5.41) is 4.70. The molecule has 0 atom stereocenters. The van der Waals surface area contributed by atoms with Crippen LogP contribution in [0.4, 0.5) is 0 Å². The van der Waals surface area contributed by atoms with Crippen LogP contribution in [0.3, 0.4) is 0 Å². The van der Waals surface area contributed by atoms with Crippen LogP contribution in [0.5, 0.6) is 0 Å². The largest absolute Gasteiger partial charge is 0.456 e. The molecule has 3 aromatic heterocycles. The molecule has 243 valence electrons. The van der Waals surface area contributed by atoms with Crippen molar-refractivity contribution in [3.05, 3.63) is 181 Å². The number of aromatic nitrogens is 2. The van der Waals surface area contributed by atoms with Gasteiger partial charge >= 0.3 is 0 Å². The van der Waals surface area contributed by atoms with Crippen molar-refractivity contribution in [3.63, 3.8) is 0 Å². The van der Waals surface area contributed by atoms with Crippen molar-refractivity contribution in [1.29, 1.82) is 0 Å². The monoisotopic (exact) mass is 821 g/mol. The van der Waals surface area contributed by atoms with Crippen LogP contribution in [-0.4, -0.2) is 9.97 Å². The van der Waals surface area contributed by atoms with Gasteiger partial charge in [0.15, 0.2) is 0 Å². The molecule has 0 amide bonds. The van der Waals surface area contributed by atoms with Gasteiger partial charge in [-0.05, 0) is 52.8 Å². The third kappa shape index (κ3) is 6.52. The zero-order valence-electron chi connectivity index (χ0n) is 27.6. The second-order valence-electron chi connectivity index (χ2n) is 12.2. The molecule has 0 bridgehead atoms. The van der Waals surface area contributed by atoms with Gasteiger partial charge in [0.25, 0.3) is 0 Å². The zero-order chi connectivity index (χ0) is 33.2. The molecule has 50 heavy (non-hydrogen) atoms. The fraction of sp³-hybridized carbons (Fsp3) is 0.0435. The molecule has 4 heteroatoms. The quantitative estimate of drug-likeness (QED) is 0.166. The summed E-state index contributed by atoms with van der Waals surface area (Å²) in [6.45, 7) is 4.10. The summed E-state index contributed by atoms with van der Waals surface area (Å²) >= 11 is 0. The molecule has 0 saturated heterocycles. The van der Waals surface area contributed by atoms with E-state index in [1.807, 2.05) is 73.9 Å². The van der Waals surface area contributed by atoms with E-state index in [1.165, 1.54) is 27.5 Å². The average Bonchev–Trinajstić information content (AvgIpc) is 3.55. The van der Waals surface area contributed by atoms with Gasteiger partial charge in [0, 0.05) is 43.3 Å². The Morgan fingerprint density at radius 2 is 1.32 bits per heavy atom. The van der Waals surface area contributed by atoms with Crippen LogP contribution in [0.15, 0.2) is 162 Å². The maximum absolute atomic E-state index is 6.13. The molecule has 0 N–H and O–H groups in total. The van der Waals surface area contributed by atoms with E-state index in [2.05, 4.69) is 120 Å². The van der Waals surface area contributed by atoms with E-state index in [1.54, 1.807) is 0 Å². The summed E-state index contributed by atoms with van der Waals surface area (Å²) in [5.74, 6) is 0. The molecule has 0 saturated carbocycles.